The lowest BCUT2D eigenvalue weighted by atomic mass is 9.92. The van der Waals surface area contributed by atoms with E-state index in [1.807, 2.05) is 12.1 Å². The predicted molar refractivity (Wildman–Crippen MR) is 72.6 cm³/mol. The van der Waals surface area contributed by atoms with E-state index in [4.69, 9.17) is 28.9 Å². The van der Waals surface area contributed by atoms with E-state index in [0.717, 1.165) is 10.6 Å². The fourth-order valence-electron chi connectivity index (χ4n) is 2.34. The quantitative estimate of drug-likeness (QED) is 0.841. The molecule has 0 heterocycles. The van der Waals surface area contributed by atoms with Crippen molar-refractivity contribution in [1.82, 2.24) is 0 Å². The molecule has 1 nitrogen and oxygen atoms in total. The molecule has 0 unspecified atom stereocenters. The van der Waals surface area contributed by atoms with E-state index in [1.165, 1.54) is 25.7 Å². The van der Waals surface area contributed by atoms with Crippen LogP contribution in [0.2, 0.25) is 10.0 Å². The zero-order valence-electron chi connectivity index (χ0n) is 8.96. The molecule has 16 heavy (non-hydrogen) atoms. The summed E-state index contributed by atoms with van der Waals surface area (Å²) in [6, 6.07) is 5.56. The summed E-state index contributed by atoms with van der Waals surface area (Å²) >= 11 is 12.1. The van der Waals surface area contributed by atoms with Gasteiger partial charge in [-0.15, -0.1) is 12.4 Å². The summed E-state index contributed by atoms with van der Waals surface area (Å²) in [5, 5.41) is 1.45. The van der Waals surface area contributed by atoms with Crippen LogP contribution >= 0.6 is 35.6 Å². The third-order valence-corrected chi connectivity index (χ3v) is 3.80. The van der Waals surface area contributed by atoms with Crippen molar-refractivity contribution in [3.8, 4) is 0 Å². The Bertz CT molecular complexity index is 348. The average Bonchev–Trinajstić information content (AvgIpc) is 2.74. The zero-order chi connectivity index (χ0) is 10.8. The molecule has 4 heteroatoms. The lowest BCUT2D eigenvalue weighted by Gasteiger charge is -2.20. The highest BCUT2D eigenvalue weighted by Crippen LogP contribution is 2.37. The smallest absolute Gasteiger partial charge is 0.0454 e. The fraction of sp³-hybridized carbons (Fsp3) is 0.500. The van der Waals surface area contributed by atoms with E-state index >= 15 is 0 Å². The minimum Gasteiger partial charge on any atom is -0.324 e. The summed E-state index contributed by atoms with van der Waals surface area (Å²) in [6.45, 7) is 0. The number of rotatable bonds is 2. The summed E-state index contributed by atoms with van der Waals surface area (Å²) in [7, 11) is 0. The molecule has 2 rings (SSSR count). The van der Waals surface area contributed by atoms with Crippen molar-refractivity contribution in [3.63, 3.8) is 0 Å². The highest BCUT2D eigenvalue weighted by molar-refractivity contribution is 6.33. The van der Waals surface area contributed by atoms with Crippen molar-refractivity contribution in [1.29, 1.82) is 0 Å². The molecular formula is C12H16Cl3N. The number of hydrogen-bond acceptors (Lipinski definition) is 1. The first kappa shape index (κ1) is 14.1. The highest BCUT2D eigenvalue weighted by atomic mass is 35.5. The Hall–Kier alpha value is 0.0500. The van der Waals surface area contributed by atoms with Gasteiger partial charge in [0.2, 0.25) is 0 Å². The molecule has 1 atom stereocenters. The monoisotopic (exact) mass is 279 g/mol. The predicted octanol–water partition coefficient (Wildman–Crippen LogP) is 4.61. The van der Waals surface area contributed by atoms with Gasteiger partial charge < -0.3 is 5.73 Å². The van der Waals surface area contributed by atoms with E-state index in [2.05, 4.69) is 0 Å². The van der Waals surface area contributed by atoms with Gasteiger partial charge in [-0.05, 0) is 42.5 Å². The maximum Gasteiger partial charge on any atom is 0.0454 e. The number of benzene rings is 1. The van der Waals surface area contributed by atoms with Crippen LogP contribution in [0, 0.1) is 5.92 Å². The fourth-order valence-corrected chi connectivity index (χ4v) is 2.76. The van der Waals surface area contributed by atoms with Crippen molar-refractivity contribution in [2.45, 2.75) is 31.7 Å². The molecule has 0 spiro atoms. The molecule has 1 aliphatic carbocycles. The molecule has 1 fully saturated rings. The topological polar surface area (TPSA) is 26.0 Å². The van der Waals surface area contributed by atoms with Gasteiger partial charge in [0.25, 0.3) is 0 Å². The van der Waals surface area contributed by atoms with Gasteiger partial charge in [0.15, 0.2) is 0 Å². The van der Waals surface area contributed by atoms with Gasteiger partial charge in [-0.2, -0.15) is 0 Å². The van der Waals surface area contributed by atoms with Gasteiger partial charge in [-0.3, -0.25) is 0 Å². The maximum atomic E-state index is 6.23. The summed E-state index contributed by atoms with van der Waals surface area (Å²) in [5.41, 5.74) is 7.22. The van der Waals surface area contributed by atoms with Crippen LogP contribution in [0.25, 0.3) is 0 Å². The first-order chi connectivity index (χ1) is 7.18. The van der Waals surface area contributed by atoms with Gasteiger partial charge in [-0.1, -0.05) is 36.0 Å². The average molecular weight is 281 g/mol. The second kappa shape index (κ2) is 6.11. The molecular weight excluding hydrogens is 264 g/mol. The second-order valence-corrected chi connectivity index (χ2v) is 5.08. The van der Waals surface area contributed by atoms with Gasteiger partial charge in [-0.25, -0.2) is 0 Å². The Balaban J connectivity index is 0.00000128. The van der Waals surface area contributed by atoms with Crippen LogP contribution in [0.1, 0.15) is 37.3 Å². The molecule has 2 N–H and O–H groups in total. The summed E-state index contributed by atoms with van der Waals surface area (Å²) < 4.78 is 0. The van der Waals surface area contributed by atoms with Crippen LogP contribution in [0.15, 0.2) is 18.2 Å². The standard InChI is InChI=1S/C12H15Cl2N.ClH/c13-9-5-6-11(14)10(7-9)12(15)8-3-1-2-4-8;/h5-8,12H,1-4,15H2;1H/t12-;/m0./s1. The molecule has 1 saturated carbocycles. The lowest BCUT2D eigenvalue weighted by molar-refractivity contribution is 0.445. The maximum absolute atomic E-state index is 6.23. The molecule has 0 bridgehead atoms. The van der Waals surface area contributed by atoms with Crippen LogP contribution < -0.4 is 5.73 Å². The Morgan fingerprint density at radius 1 is 1.19 bits per heavy atom. The molecule has 0 aliphatic heterocycles. The number of nitrogens with two attached hydrogens (primary N) is 1. The minimum atomic E-state index is 0. The van der Waals surface area contributed by atoms with E-state index in [-0.39, 0.29) is 18.4 Å². The van der Waals surface area contributed by atoms with Crippen LogP contribution in [-0.4, -0.2) is 0 Å². The normalized spacial score (nSPS) is 18.2. The molecule has 1 aromatic rings. The van der Waals surface area contributed by atoms with Crippen LogP contribution in [0.4, 0.5) is 0 Å². The van der Waals surface area contributed by atoms with Gasteiger partial charge in [0.1, 0.15) is 0 Å². The Labute approximate surface area is 113 Å². The van der Waals surface area contributed by atoms with E-state index in [1.54, 1.807) is 6.07 Å². The van der Waals surface area contributed by atoms with Crippen LogP contribution in [-0.2, 0) is 0 Å². The molecule has 90 valence electrons. The summed E-state index contributed by atoms with van der Waals surface area (Å²) in [6.07, 6.45) is 5.00. The molecule has 1 aromatic carbocycles. The van der Waals surface area contributed by atoms with Crippen molar-refractivity contribution < 1.29 is 0 Å². The van der Waals surface area contributed by atoms with Gasteiger partial charge >= 0.3 is 0 Å². The minimum absolute atomic E-state index is 0. The third kappa shape index (κ3) is 3.04. The second-order valence-electron chi connectivity index (χ2n) is 4.24. The van der Waals surface area contributed by atoms with Crippen LogP contribution in [0.3, 0.4) is 0 Å². The number of halogens is 3. The summed E-state index contributed by atoms with van der Waals surface area (Å²) in [4.78, 5) is 0. The molecule has 0 amide bonds. The largest absolute Gasteiger partial charge is 0.324 e. The number of hydrogen-bond donors (Lipinski definition) is 1. The van der Waals surface area contributed by atoms with Gasteiger partial charge in [0.05, 0.1) is 0 Å². The lowest BCUT2D eigenvalue weighted by Crippen LogP contribution is -2.19. The van der Waals surface area contributed by atoms with E-state index in [9.17, 15) is 0 Å². The Morgan fingerprint density at radius 3 is 2.44 bits per heavy atom. The molecule has 0 radical (unpaired) electrons. The Kier molecular flexibility index (Phi) is 5.39. The third-order valence-electron chi connectivity index (χ3n) is 3.22. The SMILES string of the molecule is Cl.N[C@H](c1cc(Cl)ccc1Cl)C1CCCC1. The molecule has 0 saturated heterocycles. The first-order valence-electron chi connectivity index (χ1n) is 5.39. The molecule has 1 aliphatic rings. The van der Waals surface area contributed by atoms with Gasteiger partial charge in [0, 0.05) is 16.1 Å². The van der Waals surface area contributed by atoms with Crippen molar-refractivity contribution in [3.05, 3.63) is 33.8 Å². The van der Waals surface area contributed by atoms with Crippen molar-refractivity contribution >= 4 is 35.6 Å². The highest BCUT2D eigenvalue weighted by Gasteiger charge is 2.24. The van der Waals surface area contributed by atoms with Crippen molar-refractivity contribution in [2.24, 2.45) is 11.7 Å². The van der Waals surface area contributed by atoms with Crippen molar-refractivity contribution in [2.75, 3.05) is 0 Å². The van der Waals surface area contributed by atoms with Crippen LogP contribution in [0.5, 0.6) is 0 Å². The summed E-state index contributed by atoms with van der Waals surface area (Å²) in [5.74, 6) is 0.570. The van der Waals surface area contributed by atoms with E-state index in [0.29, 0.717) is 10.9 Å². The van der Waals surface area contributed by atoms with E-state index < -0.39 is 0 Å². The molecule has 0 aromatic heterocycles. The first-order valence-corrected chi connectivity index (χ1v) is 6.14. The zero-order valence-corrected chi connectivity index (χ0v) is 11.3. The Morgan fingerprint density at radius 2 is 1.81 bits per heavy atom.